The van der Waals surface area contributed by atoms with Crippen LogP contribution in [0.3, 0.4) is 0 Å². The molecule has 1 rings (SSSR count). The first-order valence-corrected chi connectivity index (χ1v) is 6.86. The van der Waals surface area contributed by atoms with E-state index >= 15 is 0 Å². The average molecular weight is 424 g/mol. The van der Waals surface area contributed by atoms with Crippen LogP contribution in [0.25, 0.3) is 0 Å². The van der Waals surface area contributed by atoms with Gasteiger partial charge >= 0.3 is 0 Å². The molecule has 0 heterocycles. The molecule has 0 aliphatic rings. The molecule has 0 aromatic heterocycles. The predicted octanol–water partition coefficient (Wildman–Crippen LogP) is 2.45. The van der Waals surface area contributed by atoms with E-state index in [2.05, 4.69) is 22.6 Å². The zero-order chi connectivity index (χ0) is 10.2. The van der Waals surface area contributed by atoms with Crippen LogP contribution in [0.15, 0.2) is 17.0 Å². The van der Waals surface area contributed by atoms with Crippen molar-refractivity contribution >= 4 is 55.3 Å². The third-order valence-corrected chi connectivity index (χ3v) is 6.32. The van der Waals surface area contributed by atoms with Crippen molar-refractivity contribution in [1.29, 1.82) is 0 Å². The Morgan fingerprint density at radius 2 is 1.77 bits per heavy atom. The molecular weight excluding hydrogens is 418 g/mol. The highest BCUT2D eigenvalue weighted by molar-refractivity contribution is 14.1. The summed E-state index contributed by atoms with van der Waals surface area (Å²) >= 11 is 3.96. The van der Waals surface area contributed by atoms with Gasteiger partial charge in [-0.15, -0.1) is 0 Å². The van der Waals surface area contributed by atoms with Crippen LogP contribution in [0.5, 0.6) is 0 Å². The van der Waals surface area contributed by atoms with Crippen LogP contribution in [0, 0.1) is 14.1 Å². The van der Waals surface area contributed by atoms with Gasteiger partial charge in [0.1, 0.15) is 4.90 Å². The lowest BCUT2D eigenvalue weighted by Crippen LogP contribution is -2.03. The third kappa shape index (κ3) is 2.54. The maximum Gasteiger partial charge on any atom is 0.295 e. The smallest absolute Gasteiger partial charge is 0.282 e. The fourth-order valence-electron chi connectivity index (χ4n) is 0.828. The molecule has 0 radical (unpaired) electrons. The molecule has 3 nitrogen and oxygen atoms in total. The SMILES string of the molecule is Cc1ccc(S(=O)(=O)O)c(I)c1I. The van der Waals surface area contributed by atoms with Crippen LogP contribution in [0.2, 0.25) is 0 Å². The fraction of sp³-hybridized carbons (Fsp3) is 0.143. The van der Waals surface area contributed by atoms with Crippen molar-refractivity contribution in [1.82, 2.24) is 0 Å². The van der Waals surface area contributed by atoms with Crippen LogP contribution in [-0.4, -0.2) is 13.0 Å². The topological polar surface area (TPSA) is 54.4 Å². The Bertz CT molecular complexity index is 439. The molecule has 0 saturated carbocycles. The minimum Gasteiger partial charge on any atom is -0.282 e. The van der Waals surface area contributed by atoms with Crippen molar-refractivity contribution in [3.05, 3.63) is 24.8 Å². The summed E-state index contributed by atoms with van der Waals surface area (Å²) in [5, 5.41) is 0. The standard InChI is InChI=1S/C7H6I2O3S/c1-4-2-3-5(13(10,11)12)7(9)6(4)8/h2-3H,1H3,(H,10,11,12). The molecule has 0 unspecified atom stereocenters. The van der Waals surface area contributed by atoms with E-state index in [-0.39, 0.29) is 4.90 Å². The van der Waals surface area contributed by atoms with E-state index in [0.29, 0.717) is 3.57 Å². The second-order valence-corrected chi connectivity index (χ2v) is 6.03. The van der Waals surface area contributed by atoms with Gasteiger partial charge in [-0.3, -0.25) is 4.55 Å². The number of hydrogen-bond donors (Lipinski definition) is 1. The number of rotatable bonds is 1. The molecule has 1 aromatic carbocycles. The first kappa shape index (κ1) is 11.7. The van der Waals surface area contributed by atoms with E-state index in [0.717, 1.165) is 9.13 Å². The maximum absolute atomic E-state index is 10.9. The van der Waals surface area contributed by atoms with E-state index < -0.39 is 10.1 Å². The van der Waals surface area contributed by atoms with Crippen LogP contribution in [-0.2, 0) is 10.1 Å². The van der Waals surface area contributed by atoms with Crippen LogP contribution in [0.1, 0.15) is 5.56 Å². The van der Waals surface area contributed by atoms with Crippen molar-refractivity contribution in [3.8, 4) is 0 Å². The zero-order valence-electron chi connectivity index (χ0n) is 6.58. The summed E-state index contributed by atoms with van der Waals surface area (Å²) in [4.78, 5) is -0.0249. The summed E-state index contributed by atoms with van der Waals surface area (Å²) in [5.41, 5.74) is 0.998. The normalized spacial score (nSPS) is 11.7. The van der Waals surface area contributed by atoms with Gasteiger partial charge < -0.3 is 0 Å². The quantitative estimate of drug-likeness (QED) is 0.557. The summed E-state index contributed by atoms with van der Waals surface area (Å²) in [6, 6.07) is 3.08. The van der Waals surface area contributed by atoms with Gasteiger partial charge in [0, 0.05) is 7.14 Å². The lowest BCUT2D eigenvalue weighted by atomic mass is 10.2. The van der Waals surface area contributed by atoms with Gasteiger partial charge in [0.25, 0.3) is 10.1 Å². The lowest BCUT2D eigenvalue weighted by Gasteiger charge is -2.05. The van der Waals surface area contributed by atoms with E-state index in [1.54, 1.807) is 6.07 Å². The molecular formula is C7H6I2O3S. The highest BCUT2D eigenvalue weighted by atomic mass is 127. The largest absolute Gasteiger partial charge is 0.295 e. The summed E-state index contributed by atoms with van der Waals surface area (Å²) in [6.07, 6.45) is 0. The highest BCUT2D eigenvalue weighted by Crippen LogP contribution is 2.25. The molecule has 0 fully saturated rings. The molecule has 0 spiro atoms. The lowest BCUT2D eigenvalue weighted by molar-refractivity contribution is 0.482. The van der Waals surface area contributed by atoms with Gasteiger partial charge in [-0.1, -0.05) is 6.07 Å². The number of halogens is 2. The van der Waals surface area contributed by atoms with E-state index in [1.165, 1.54) is 6.07 Å². The Kier molecular flexibility index (Phi) is 3.58. The van der Waals surface area contributed by atoms with Crippen LogP contribution >= 0.6 is 45.2 Å². The van der Waals surface area contributed by atoms with Crippen LogP contribution < -0.4 is 0 Å². The monoisotopic (exact) mass is 424 g/mol. The molecule has 6 heteroatoms. The van der Waals surface area contributed by atoms with Gasteiger partial charge in [-0.25, -0.2) is 0 Å². The predicted molar refractivity (Wildman–Crippen MR) is 66.4 cm³/mol. The Labute approximate surface area is 104 Å². The Morgan fingerprint density at radius 3 is 2.23 bits per heavy atom. The van der Waals surface area contributed by atoms with E-state index in [9.17, 15) is 8.42 Å². The van der Waals surface area contributed by atoms with Crippen molar-refractivity contribution in [2.45, 2.75) is 11.8 Å². The first-order valence-electron chi connectivity index (χ1n) is 3.26. The first-order chi connectivity index (χ1) is 5.84. The summed E-state index contributed by atoms with van der Waals surface area (Å²) in [7, 11) is -4.09. The summed E-state index contributed by atoms with van der Waals surface area (Å²) < 4.78 is 32.0. The van der Waals surface area contributed by atoms with Gasteiger partial charge in [-0.05, 0) is 63.7 Å². The average Bonchev–Trinajstić information content (AvgIpc) is 1.98. The molecule has 0 amide bonds. The minimum atomic E-state index is -4.09. The Balaban J connectivity index is 3.53. The van der Waals surface area contributed by atoms with Gasteiger partial charge in [0.2, 0.25) is 0 Å². The number of aryl methyl sites for hydroxylation is 1. The highest BCUT2D eigenvalue weighted by Gasteiger charge is 2.16. The van der Waals surface area contributed by atoms with Gasteiger partial charge in [-0.2, -0.15) is 8.42 Å². The Hall–Kier alpha value is 0.590. The van der Waals surface area contributed by atoms with Crippen LogP contribution in [0.4, 0.5) is 0 Å². The second kappa shape index (κ2) is 3.99. The second-order valence-electron chi connectivity index (χ2n) is 2.48. The van der Waals surface area contributed by atoms with E-state index in [1.807, 2.05) is 29.5 Å². The van der Waals surface area contributed by atoms with Gasteiger partial charge in [0.15, 0.2) is 0 Å². The third-order valence-electron chi connectivity index (χ3n) is 1.52. The molecule has 0 atom stereocenters. The summed E-state index contributed by atoms with van der Waals surface area (Å²) in [6.45, 7) is 1.89. The number of hydrogen-bond acceptors (Lipinski definition) is 2. The molecule has 0 saturated heterocycles. The summed E-state index contributed by atoms with van der Waals surface area (Å²) in [5.74, 6) is 0. The zero-order valence-corrected chi connectivity index (χ0v) is 11.7. The maximum atomic E-state index is 10.9. The molecule has 0 aliphatic heterocycles. The molecule has 0 aliphatic carbocycles. The minimum absolute atomic E-state index is 0.0249. The molecule has 72 valence electrons. The number of benzene rings is 1. The van der Waals surface area contributed by atoms with Crippen molar-refractivity contribution < 1.29 is 13.0 Å². The molecule has 1 aromatic rings. The van der Waals surface area contributed by atoms with E-state index in [4.69, 9.17) is 4.55 Å². The Morgan fingerprint density at radius 1 is 1.23 bits per heavy atom. The molecule has 13 heavy (non-hydrogen) atoms. The molecule has 0 bridgehead atoms. The fourth-order valence-corrected chi connectivity index (χ4v) is 3.49. The van der Waals surface area contributed by atoms with Crippen molar-refractivity contribution in [2.24, 2.45) is 0 Å². The van der Waals surface area contributed by atoms with Crippen molar-refractivity contribution in [3.63, 3.8) is 0 Å². The van der Waals surface area contributed by atoms with Gasteiger partial charge in [0.05, 0.1) is 0 Å². The van der Waals surface area contributed by atoms with Crippen molar-refractivity contribution in [2.75, 3.05) is 0 Å². The molecule has 1 N–H and O–H groups in total.